The summed E-state index contributed by atoms with van der Waals surface area (Å²) < 4.78 is 13.1. The van der Waals surface area contributed by atoms with Crippen LogP contribution in [0, 0.1) is 9.39 Å². The monoisotopic (exact) mass is 271 g/mol. The van der Waals surface area contributed by atoms with E-state index in [1.165, 1.54) is 12.3 Å². The number of halogens is 3. The normalized spacial score (nSPS) is 9.90. The van der Waals surface area contributed by atoms with Gasteiger partial charge in [0.25, 0.3) is 0 Å². The lowest BCUT2D eigenvalue weighted by molar-refractivity contribution is 0.618. The van der Waals surface area contributed by atoms with E-state index in [1.54, 1.807) is 0 Å². The summed E-state index contributed by atoms with van der Waals surface area (Å²) in [5.74, 6) is 0.0108. The summed E-state index contributed by atoms with van der Waals surface area (Å²) in [5, 5.41) is 0. The maximum absolute atomic E-state index is 12.4. The van der Waals surface area contributed by atoms with E-state index in [-0.39, 0.29) is 5.82 Å². The molecule has 1 aromatic heterocycles. The van der Waals surface area contributed by atoms with Gasteiger partial charge in [0.2, 0.25) is 0 Å². The molecule has 1 aromatic rings. The van der Waals surface area contributed by atoms with Gasteiger partial charge in [-0.25, -0.2) is 4.39 Å². The Morgan fingerprint density at radius 2 is 2.40 bits per heavy atom. The lowest BCUT2D eigenvalue weighted by atomic mass is 10.4. The first kappa shape index (κ1) is 8.20. The zero-order chi connectivity index (χ0) is 7.56. The standard InChI is InChI=1S/C6H4ClFIN/c7-2-6-5(9)1-4(8)3-10-6/h1,3H,2H2. The summed E-state index contributed by atoms with van der Waals surface area (Å²) in [7, 11) is 0. The summed E-state index contributed by atoms with van der Waals surface area (Å²) in [6, 6.07) is 1.41. The highest BCUT2D eigenvalue weighted by Crippen LogP contribution is 2.12. The van der Waals surface area contributed by atoms with Gasteiger partial charge in [-0.1, -0.05) is 0 Å². The minimum atomic E-state index is -0.321. The van der Waals surface area contributed by atoms with Crippen LogP contribution in [0.3, 0.4) is 0 Å². The van der Waals surface area contributed by atoms with Gasteiger partial charge in [-0.15, -0.1) is 11.6 Å². The summed E-state index contributed by atoms with van der Waals surface area (Å²) in [4.78, 5) is 3.78. The van der Waals surface area contributed by atoms with Gasteiger partial charge in [0.15, 0.2) is 0 Å². The van der Waals surface area contributed by atoms with Crippen molar-refractivity contribution in [2.75, 3.05) is 0 Å². The fraction of sp³-hybridized carbons (Fsp3) is 0.167. The van der Waals surface area contributed by atoms with E-state index >= 15 is 0 Å². The second-order valence-corrected chi connectivity index (χ2v) is 3.15. The maximum Gasteiger partial charge on any atom is 0.142 e. The van der Waals surface area contributed by atoms with Gasteiger partial charge < -0.3 is 0 Å². The Morgan fingerprint density at radius 1 is 1.70 bits per heavy atom. The van der Waals surface area contributed by atoms with Crippen LogP contribution in [-0.4, -0.2) is 4.98 Å². The minimum absolute atomic E-state index is 0.321. The van der Waals surface area contributed by atoms with Crippen molar-refractivity contribution < 1.29 is 4.39 Å². The average molecular weight is 271 g/mol. The molecule has 0 saturated carbocycles. The molecule has 1 nitrogen and oxygen atoms in total. The van der Waals surface area contributed by atoms with Gasteiger partial charge >= 0.3 is 0 Å². The summed E-state index contributed by atoms with van der Waals surface area (Å²) >= 11 is 7.49. The van der Waals surface area contributed by atoms with E-state index in [2.05, 4.69) is 4.98 Å². The third kappa shape index (κ3) is 1.79. The molecule has 0 aromatic carbocycles. The molecule has 54 valence electrons. The van der Waals surface area contributed by atoms with Gasteiger partial charge in [-0.05, 0) is 28.7 Å². The highest BCUT2D eigenvalue weighted by atomic mass is 127. The van der Waals surface area contributed by atoms with Crippen molar-refractivity contribution in [3.05, 3.63) is 27.3 Å². The topological polar surface area (TPSA) is 12.9 Å². The van der Waals surface area contributed by atoms with Gasteiger partial charge in [-0.3, -0.25) is 4.98 Å². The van der Waals surface area contributed by atoms with Gasteiger partial charge in [0, 0.05) is 3.57 Å². The zero-order valence-corrected chi connectivity index (χ0v) is 7.86. The summed E-state index contributed by atoms with van der Waals surface area (Å²) in [5.41, 5.74) is 0.726. The molecule has 4 heteroatoms. The van der Waals surface area contributed by atoms with E-state index in [1.807, 2.05) is 22.6 Å². The van der Waals surface area contributed by atoms with Gasteiger partial charge in [0.05, 0.1) is 17.8 Å². The van der Waals surface area contributed by atoms with Crippen LogP contribution in [-0.2, 0) is 5.88 Å². The summed E-state index contributed by atoms with van der Waals surface area (Å²) in [6.07, 6.45) is 1.17. The molecule has 0 N–H and O–H groups in total. The third-order valence-corrected chi connectivity index (χ3v) is 2.20. The van der Waals surface area contributed by atoms with Crippen LogP contribution in [0.25, 0.3) is 0 Å². The SMILES string of the molecule is Fc1cnc(CCl)c(I)c1. The largest absolute Gasteiger partial charge is 0.256 e. The Labute approximate surface area is 76.7 Å². The molecule has 0 fully saturated rings. The fourth-order valence-corrected chi connectivity index (χ4v) is 1.61. The number of aromatic nitrogens is 1. The molecule has 1 rings (SSSR count). The lowest BCUT2D eigenvalue weighted by Crippen LogP contribution is -1.90. The lowest BCUT2D eigenvalue weighted by Gasteiger charge is -1.96. The molecule has 0 aliphatic carbocycles. The maximum atomic E-state index is 12.4. The molecule has 0 amide bonds. The third-order valence-electron chi connectivity index (χ3n) is 1.01. The van der Waals surface area contributed by atoms with E-state index in [0.717, 1.165) is 9.26 Å². The molecule has 0 aliphatic rings. The Hall–Kier alpha value is 0.100. The number of alkyl halides is 1. The van der Waals surface area contributed by atoms with Crippen LogP contribution in [0.4, 0.5) is 4.39 Å². The second-order valence-electron chi connectivity index (χ2n) is 1.72. The molecule has 0 atom stereocenters. The molecule has 1 heterocycles. The van der Waals surface area contributed by atoms with E-state index in [0.29, 0.717) is 5.88 Å². The quantitative estimate of drug-likeness (QED) is 0.565. The van der Waals surface area contributed by atoms with Crippen molar-refractivity contribution in [1.82, 2.24) is 4.98 Å². The van der Waals surface area contributed by atoms with Crippen LogP contribution in [0.1, 0.15) is 5.69 Å². The highest BCUT2D eigenvalue weighted by molar-refractivity contribution is 14.1. The molecule has 0 bridgehead atoms. The van der Waals surface area contributed by atoms with Crippen molar-refractivity contribution in [3.63, 3.8) is 0 Å². The molecule has 0 radical (unpaired) electrons. The molecular formula is C6H4ClFIN. The number of pyridine rings is 1. The van der Waals surface area contributed by atoms with E-state index < -0.39 is 0 Å². The Bertz CT molecular complexity index is 241. The first-order chi connectivity index (χ1) is 4.74. The number of hydrogen-bond donors (Lipinski definition) is 0. The van der Waals surface area contributed by atoms with Crippen LogP contribution in [0.2, 0.25) is 0 Å². The van der Waals surface area contributed by atoms with Crippen molar-refractivity contribution >= 4 is 34.2 Å². The molecule has 0 aliphatic heterocycles. The van der Waals surface area contributed by atoms with E-state index in [4.69, 9.17) is 11.6 Å². The van der Waals surface area contributed by atoms with Gasteiger partial charge in [0.1, 0.15) is 5.82 Å². The first-order valence-electron chi connectivity index (χ1n) is 2.60. The summed E-state index contributed by atoms with van der Waals surface area (Å²) in [6.45, 7) is 0. The molecular weight excluding hydrogens is 267 g/mol. The van der Waals surface area contributed by atoms with Crippen molar-refractivity contribution in [2.24, 2.45) is 0 Å². The number of rotatable bonds is 1. The Balaban J connectivity index is 3.07. The molecule has 0 spiro atoms. The smallest absolute Gasteiger partial charge is 0.142 e. The molecule has 10 heavy (non-hydrogen) atoms. The second kappa shape index (κ2) is 3.48. The average Bonchev–Trinajstić information content (AvgIpc) is 1.88. The predicted octanol–water partition coefficient (Wildman–Crippen LogP) is 2.56. The Kier molecular flexibility index (Phi) is 2.85. The van der Waals surface area contributed by atoms with E-state index in [9.17, 15) is 4.39 Å². The Morgan fingerprint density at radius 3 is 2.90 bits per heavy atom. The number of hydrogen-bond acceptors (Lipinski definition) is 1. The predicted molar refractivity (Wildman–Crippen MR) is 46.5 cm³/mol. The van der Waals surface area contributed by atoms with Crippen molar-refractivity contribution in [3.8, 4) is 0 Å². The van der Waals surface area contributed by atoms with Crippen molar-refractivity contribution in [2.45, 2.75) is 5.88 Å². The zero-order valence-electron chi connectivity index (χ0n) is 4.94. The minimum Gasteiger partial charge on any atom is -0.256 e. The van der Waals surface area contributed by atoms with Crippen molar-refractivity contribution in [1.29, 1.82) is 0 Å². The first-order valence-corrected chi connectivity index (χ1v) is 4.21. The van der Waals surface area contributed by atoms with Crippen LogP contribution >= 0.6 is 34.2 Å². The number of nitrogens with zero attached hydrogens (tertiary/aromatic N) is 1. The molecule has 0 unspecified atom stereocenters. The molecule has 0 saturated heterocycles. The van der Waals surface area contributed by atoms with Crippen LogP contribution in [0.15, 0.2) is 12.3 Å². The van der Waals surface area contributed by atoms with Crippen LogP contribution < -0.4 is 0 Å². The fourth-order valence-electron chi connectivity index (χ4n) is 0.541. The highest BCUT2D eigenvalue weighted by Gasteiger charge is 1.99. The van der Waals surface area contributed by atoms with Crippen LogP contribution in [0.5, 0.6) is 0 Å². The van der Waals surface area contributed by atoms with Gasteiger partial charge in [-0.2, -0.15) is 0 Å².